The number of thiazole rings is 1. The lowest BCUT2D eigenvalue weighted by Gasteiger charge is -2.05. The first-order valence-corrected chi connectivity index (χ1v) is 6.97. The lowest BCUT2D eigenvalue weighted by Crippen LogP contribution is -1.96. The highest BCUT2D eigenvalue weighted by atomic mass is 32.1. The molecule has 0 fully saturated rings. The Kier molecular flexibility index (Phi) is 3.48. The molecule has 0 aliphatic rings. The van der Waals surface area contributed by atoms with E-state index in [0.29, 0.717) is 13.0 Å². The molecule has 4 nitrogen and oxygen atoms in total. The van der Waals surface area contributed by atoms with Crippen molar-refractivity contribution in [3.63, 3.8) is 0 Å². The second-order valence-corrected chi connectivity index (χ2v) is 5.10. The van der Waals surface area contributed by atoms with Crippen molar-refractivity contribution < 1.29 is 9.84 Å². The van der Waals surface area contributed by atoms with Crippen LogP contribution in [0.3, 0.4) is 0 Å². The van der Waals surface area contributed by atoms with E-state index in [1.165, 1.54) is 0 Å². The minimum atomic E-state index is 0.172. The van der Waals surface area contributed by atoms with Crippen LogP contribution in [0.1, 0.15) is 11.3 Å². The summed E-state index contributed by atoms with van der Waals surface area (Å²) in [6, 6.07) is 7.78. The molecule has 3 aromatic rings. The third-order valence-corrected chi connectivity index (χ3v) is 3.62. The fraction of sp³-hybridized carbons (Fsp3) is 0.214. The van der Waals surface area contributed by atoms with Crippen LogP contribution in [0.4, 0.5) is 0 Å². The Morgan fingerprint density at radius 1 is 1.26 bits per heavy atom. The Bertz CT molecular complexity index is 629. The molecule has 0 aliphatic carbocycles. The molecular formula is C14H14N2O2S. The van der Waals surface area contributed by atoms with Crippen LogP contribution in [-0.2, 0) is 13.0 Å². The van der Waals surface area contributed by atoms with Crippen molar-refractivity contribution in [1.29, 1.82) is 0 Å². The van der Waals surface area contributed by atoms with E-state index in [1.807, 2.05) is 46.4 Å². The van der Waals surface area contributed by atoms with Gasteiger partial charge in [0.2, 0.25) is 0 Å². The third kappa shape index (κ3) is 2.77. The van der Waals surface area contributed by atoms with Crippen LogP contribution >= 0.6 is 11.3 Å². The maximum absolute atomic E-state index is 8.85. The highest BCUT2D eigenvalue weighted by Crippen LogP contribution is 2.16. The monoisotopic (exact) mass is 274 g/mol. The Balaban J connectivity index is 1.63. The topological polar surface area (TPSA) is 46.8 Å². The van der Waals surface area contributed by atoms with Gasteiger partial charge in [-0.05, 0) is 24.1 Å². The largest absolute Gasteiger partial charge is 0.487 e. The first-order chi connectivity index (χ1) is 9.35. The highest BCUT2D eigenvalue weighted by Gasteiger charge is 2.03. The lowest BCUT2D eigenvalue weighted by atomic mass is 10.1. The van der Waals surface area contributed by atoms with E-state index in [0.717, 1.165) is 22.0 Å². The predicted molar refractivity (Wildman–Crippen MR) is 74.6 cm³/mol. The Morgan fingerprint density at radius 2 is 2.11 bits per heavy atom. The number of hydrogen-bond donors (Lipinski definition) is 1. The molecule has 0 radical (unpaired) electrons. The maximum atomic E-state index is 8.85. The molecule has 0 spiro atoms. The Hall–Kier alpha value is -1.85. The number of aliphatic hydroxyl groups is 1. The summed E-state index contributed by atoms with van der Waals surface area (Å²) >= 11 is 1.61. The van der Waals surface area contributed by atoms with Crippen LogP contribution in [0.5, 0.6) is 5.75 Å². The van der Waals surface area contributed by atoms with Gasteiger partial charge in [0.1, 0.15) is 12.4 Å². The maximum Gasteiger partial charge on any atom is 0.193 e. The molecule has 0 amide bonds. The van der Waals surface area contributed by atoms with E-state index in [4.69, 9.17) is 9.84 Å². The van der Waals surface area contributed by atoms with Crippen molar-refractivity contribution in [2.75, 3.05) is 6.61 Å². The fourth-order valence-corrected chi connectivity index (χ4v) is 2.60. The quantitative estimate of drug-likeness (QED) is 0.777. The molecule has 1 aromatic carbocycles. The van der Waals surface area contributed by atoms with Crippen LogP contribution in [0.2, 0.25) is 0 Å². The van der Waals surface area contributed by atoms with Gasteiger partial charge in [0.05, 0.1) is 5.69 Å². The molecule has 0 atom stereocenters. The van der Waals surface area contributed by atoms with Gasteiger partial charge in [-0.15, -0.1) is 11.3 Å². The summed E-state index contributed by atoms with van der Waals surface area (Å²) in [4.78, 5) is 5.44. The third-order valence-electron chi connectivity index (χ3n) is 2.85. The normalized spacial score (nSPS) is 11.0. The van der Waals surface area contributed by atoms with Gasteiger partial charge in [-0.2, -0.15) is 0 Å². The fourth-order valence-electron chi connectivity index (χ4n) is 1.88. The van der Waals surface area contributed by atoms with Gasteiger partial charge >= 0.3 is 0 Å². The van der Waals surface area contributed by atoms with E-state index >= 15 is 0 Å². The summed E-state index contributed by atoms with van der Waals surface area (Å²) in [6.45, 7) is 0.638. The number of fused-ring (bicyclic) bond motifs is 1. The van der Waals surface area contributed by atoms with E-state index in [2.05, 4.69) is 4.98 Å². The SMILES string of the molecule is OCCc1ccc(OCc2cn3ccsc3n2)cc1. The van der Waals surface area contributed by atoms with E-state index in [9.17, 15) is 0 Å². The van der Waals surface area contributed by atoms with Gasteiger partial charge in [0, 0.05) is 24.4 Å². The molecule has 3 rings (SSSR count). The predicted octanol–water partition coefficient (Wildman–Crippen LogP) is 2.51. The molecule has 5 heteroatoms. The van der Waals surface area contributed by atoms with Crippen molar-refractivity contribution in [3.8, 4) is 5.75 Å². The molecule has 0 aliphatic heterocycles. The zero-order valence-electron chi connectivity index (χ0n) is 10.3. The average Bonchev–Trinajstić information content (AvgIpc) is 2.99. The minimum Gasteiger partial charge on any atom is -0.487 e. The number of nitrogens with zero attached hydrogens (tertiary/aromatic N) is 2. The number of ether oxygens (including phenoxy) is 1. The second-order valence-electron chi connectivity index (χ2n) is 4.23. The Labute approximate surface area is 114 Å². The number of aliphatic hydroxyl groups excluding tert-OH is 1. The summed E-state index contributed by atoms with van der Waals surface area (Å²) < 4.78 is 7.68. The van der Waals surface area contributed by atoms with Gasteiger partial charge in [0.15, 0.2) is 4.96 Å². The van der Waals surface area contributed by atoms with Crippen LogP contribution in [0.25, 0.3) is 4.96 Å². The minimum absolute atomic E-state index is 0.172. The molecule has 0 bridgehead atoms. The van der Waals surface area contributed by atoms with Crippen molar-refractivity contribution in [1.82, 2.24) is 9.38 Å². The summed E-state index contributed by atoms with van der Waals surface area (Å²) in [7, 11) is 0. The first kappa shape index (κ1) is 12.2. The molecule has 1 N–H and O–H groups in total. The number of rotatable bonds is 5. The smallest absolute Gasteiger partial charge is 0.193 e. The van der Waals surface area contributed by atoms with Crippen molar-refractivity contribution in [2.24, 2.45) is 0 Å². The molecule has 0 saturated heterocycles. The van der Waals surface area contributed by atoms with E-state index in [1.54, 1.807) is 11.3 Å². The van der Waals surface area contributed by atoms with Crippen LogP contribution in [-0.4, -0.2) is 21.1 Å². The zero-order valence-corrected chi connectivity index (χ0v) is 11.1. The second kappa shape index (κ2) is 5.42. The van der Waals surface area contributed by atoms with Crippen molar-refractivity contribution >= 4 is 16.3 Å². The highest BCUT2D eigenvalue weighted by molar-refractivity contribution is 7.15. The molecule has 2 aromatic heterocycles. The van der Waals surface area contributed by atoms with Gasteiger partial charge in [-0.3, -0.25) is 4.40 Å². The van der Waals surface area contributed by atoms with Gasteiger partial charge in [-0.1, -0.05) is 12.1 Å². The van der Waals surface area contributed by atoms with Gasteiger partial charge < -0.3 is 9.84 Å². The average molecular weight is 274 g/mol. The Morgan fingerprint density at radius 3 is 2.84 bits per heavy atom. The molecule has 0 unspecified atom stereocenters. The number of benzene rings is 1. The molecule has 19 heavy (non-hydrogen) atoms. The molecule has 0 saturated carbocycles. The number of hydrogen-bond acceptors (Lipinski definition) is 4. The molecular weight excluding hydrogens is 260 g/mol. The molecule has 98 valence electrons. The van der Waals surface area contributed by atoms with Crippen molar-refractivity contribution in [2.45, 2.75) is 13.0 Å². The van der Waals surface area contributed by atoms with Crippen molar-refractivity contribution in [3.05, 3.63) is 53.3 Å². The van der Waals surface area contributed by atoms with Gasteiger partial charge in [-0.25, -0.2) is 4.98 Å². The first-order valence-electron chi connectivity index (χ1n) is 6.09. The molecule has 2 heterocycles. The standard InChI is InChI=1S/C14H14N2O2S/c17-7-5-11-1-3-13(4-2-11)18-10-12-9-16-6-8-19-14(16)15-12/h1-4,6,8-9,17H,5,7,10H2. The lowest BCUT2D eigenvalue weighted by molar-refractivity contribution is 0.297. The summed E-state index contributed by atoms with van der Waals surface area (Å²) in [5, 5.41) is 10.9. The summed E-state index contributed by atoms with van der Waals surface area (Å²) in [5.41, 5.74) is 2.03. The van der Waals surface area contributed by atoms with Crippen LogP contribution < -0.4 is 4.74 Å². The summed E-state index contributed by atoms with van der Waals surface area (Å²) in [6.07, 6.45) is 4.64. The number of aromatic nitrogens is 2. The van der Waals surface area contributed by atoms with Gasteiger partial charge in [0.25, 0.3) is 0 Å². The zero-order chi connectivity index (χ0) is 13.1. The number of imidazole rings is 1. The van der Waals surface area contributed by atoms with E-state index in [-0.39, 0.29) is 6.61 Å². The van der Waals surface area contributed by atoms with E-state index < -0.39 is 0 Å². The summed E-state index contributed by atoms with van der Waals surface area (Å²) in [5.74, 6) is 0.818. The van der Waals surface area contributed by atoms with Crippen LogP contribution in [0.15, 0.2) is 42.0 Å². The van der Waals surface area contributed by atoms with Crippen LogP contribution in [0, 0.1) is 0 Å².